The first kappa shape index (κ1) is 14.2. The summed E-state index contributed by atoms with van der Waals surface area (Å²) in [6.45, 7) is 1.59. The number of aromatic nitrogens is 2. The molecule has 0 saturated carbocycles. The van der Waals surface area contributed by atoms with Crippen molar-refractivity contribution < 1.29 is 4.74 Å². The first-order chi connectivity index (χ1) is 10.3. The minimum Gasteiger partial charge on any atom is -0.472 e. The number of nitrogens with zero attached hydrogens (tertiary/aromatic N) is 4. The largest absolute Gasteiger partial charge is 0.472 e. The molecule has 1 aliphatic rings. The zero-order chi connectivity index (χ0) is 14.7. The molecule has 1 saturated heterocycles. The molecule has 0 aliphatic carbocycles. The van der Waals surface area contributed by atoms with E-state index in [2.05, 4.69) is 20.9 Å². The van der Waals surface area contributed by atoms with Gasteiger partial charge in [-0.3, -0.25) is 0 Å². The van der Waals surface area contributed by atoms with E-state index in [0.29, 0.717) is 10.8 Å². The summed E-state index contributed by atoms with van der Waals surface area (Å²) in [6.07, 6.45) is 4.70. The van der Waals surface area contributed by atoms with Gasteiger partial charge in [0.15, 0.2) is 10.2 Å². The quantitative estimate of drug-likeness (QED) is 0.808. The van der Waals surface area contributed by atoms with Crippen molar-refractivity contribution in [3.8, 4) is 11.9 Å². The molecule has 3 heterocycles. The molecular weight excluding hydrogens is 304 g/mol. The second-order valence-corrected chi connectivity index (χ2v) is 6.64. The molecule has 0 N–H and O–H groups in total. The van der Waals surface area contributed by atoms with E-state index in [1.165, 1.54) is 11.3 Å². The van der Waals surface area contributed by atoms with E-state index in [1.54, 1.807) is 18.0 Å². The standard InChI is InChI=1S/C14H14N4OS2/c1-20-14-17-13(11(8-15)21-14)18-7-5-10(9-18)19-12-4-2-3-6-16-12/h2-4,6,10H,5,7,9H2,1H3. The van der Waals surface area contributed by atoms with Crippen LogP contribution in [0.2, 0.25) is 0 Å². The van der Waals surface area contributed by atoms with Gasteiger partial charge in [-0.1, -0.05) is 29.2 Å². The van der Waals surface area contributed by atoms with Crippen LogP contribution in [0.3, 0.4) is 0 Å². The topological polar surface area (TPSA) is 62.0 Å². The number of thioether (sulfide) groups is 1. The Bertz CT molecular complexity index is 653. The molecule has 5 nitrogen and oxygen atoms in total. The van der Waals surface area contributed by atoms with Crippen molar-refractivity contribution in [1.82, 2.24) is 9.97 Å². The number of hydrogen-bond acceptors (Lipinski definition) is 7. The number of ether oxygens (including phenoxy) is 1. The van der Waals surface area contributed by atoms with Crippen molar-refractivity contribution in [3.63, 3.8) is 0 Å². The monoisotopic (exact) mass is 318 g/mol. The summed E-state index contributed by atoms with van der Waals surface area (Å²) in [5.41, 5.74) is 0. The smallest absolute Gasteiger partial charge is 0.213 e. The zero-order valence-electron chi connectivity index (χ0n) is 11.5. The second kappa shape index (κ2) is 6.33. The molecule has 3 rings (SSSR count). The van der Waals surface area contributed by atoms with Crippen molar-refractivity contribution in [2.45, 2.75) is 16.9 Å². The van der Waals surface area contributed by atoms with Crippen LogP contribution in [-0.4, -0.2) is 35.4 Å². The summed E-state index contributed by atoms with van der Waals surface area (Å²) < 4.78 is 6.79. The van der Waals surface area contributed by atoms with E-state index in [9.17, 15) is 5.26 Å². The van der Waals surface area contributed by atoms with Crippen molar-refractivity contribution >= 4 is 28.9 Å². The summed E-state index contributed by atoms with van der Waals surface area (Å²) in [4.78, 5) is 11.5. The van der Waals surface area contributed by atoms with Gasteiger partial charge in [-0.2, -0.15) is 5.26 Å². The van der Waals surface area contributed by atoms with Gasteiger partial charge in [0.2, 0.25) is 5.88 Å². The number of anilines is 1. The van der Waals surface area contributed by atoms with Crippen LogP contribution in [0, 0.1) is 11.3 Å². The molecule has 7 heteroatoms. The SMILES string of the molecule is CSc1nc(N2CCC(Oc3ccccn3)C2)c(C#N)s1. The summed E-state index contributed by atoms with van der Waals surface area (Å²) >= 11 is 3.02. The Balaban J connectivity index is 1.70. The Morgan fingerprint density at radius 1 is 1.52 bits per heavy atom. The van der Waals surface area contributed by atoms with Crippen molar-refractivity contribution in [1.29, 1.82) is 5.26 Å². The lowest BCUT2D eigenvalue weighted by molar-refractivity contribution is 0.216. The van der Waals surface area contributed by atoms with Gasteiger partial charge in [-0.15, -0.1) is 0 Å². The fourth-order valence-corrected chi connectivity index (χ4v) is 3.65. The van der Waals surface area contributed by atoms with Crippen LogP contribution in [0.5, 0.6) is 5.88 Å². The minimum atomic E-state index is 0.0888. The third kappa shape index (κ3) is 3.12. The average Bonchev–Trinajstić information content (AvgIpc) is 3.14. The van der Waals surface area contributed by atoms with Gasteiger partial charge in [0, 0.05) is 25.2 Å². The van der Waals surface area contributed by atoms with Gasteiger partial charge in [-0.05, 0) is 12.3 Å². The summed E-state index contributed by atoms with van der Waals surface area (Å²) in [5, 5.41) is 9.23. The van der Waals surface area contributed by atoms with E-state index in [0.717, 1.165) is 29.7 Å². The summed E-state index contributed by atoms with van der Waals surface area (Å²) in [6, 6.07) is 7.88. The lowest BCUT2D eigenvalue weighted by Crippen LogP contribution is -2.25. The number of nitriles is 1. The molecule has 1 atom stereocenters. The van der Waals surface area contributed by atoms with E-state index < -0.39 is 0 Å². The van der Waals surface area contributed by atoms with Crippen molar-refractivity contribution in [2.24, 2.45) is 0 Å². The fourth-order valence-electron chi connectivity index (χ4n) is 2.27. The number of pyridine rings is 1. The summed E-state index contributed by atoms with van der Waals surface area (Å²) in [7, 11) is 0. The average molecular weight is 318 g/mol. The molecular formula is C14H14N4OS2. The molecule has 2 aromatic rings. The normalized spacial score (nSPS) is 17.7. The molecule has 1 unspecified atom stereocenters. The Kier molecular flexibility index (Phi) is 4.27. The first-order valence-electron chi connectivity index (χ1n) is 6.57. The van der Waals surface area contributed by atoms with E-state index in [-0.39, 0.29) is 6.10 Å². The highest BCUT2D eigenvalue weighted by atomic mass is 32.2. The Hall–Kier alpha value is -1.78. The maximum Gasteiger partial charge on any atom is 0.213 e. The molecule has 1 aliphatic heterocycles. The number of rotatable bonds is 4. The fraction of sp³-hybridized carbons (Fsp3) is 0.357. The molecule has 0 radical (unpaired) electrons. The molecule has 0 bridgehead atoms. The highest BCUT2D eigenvalue weighted by molar-refractivity contribution is 8.00. The highest BCUT2D eigenvalue weighted by Gasteiger charge is 2.28. The second-order valence-electron chi connectivity index (χ2n) is 4.59. The predicted molar refractivity (Wildman–Crippen MR) is 84.1 cm³/mol. The minimum absolute atomic E-state index is 0.0888. The van der Waals surface area contributed by atoms with Crippen LogP contribution in [0.1, 0.15) is 11.3 Å². The molecule has 1 fully saturated rings. The lowest BCUT2D eigenvalue weighted by Gasteiger charge is -2.16. The van der Waals surface area contributed by atoms with E-state index in [4.69, 9.17) is 4.74 Å². The maximum absolute atomic E-state index is 9.23. The third-order valence-corrected chi connectivity index (χ3v) is 5.17. The van der Waals surface area contributed by atoms with Crippen LogP contribution in [0.4, 0.5) is 5.82 Å². The Morgan fingerprint density at radius 3 is 3.14 bits per heavy atom. The van der Waals surface area contributed by atoms with Crippen LogP contribution < -0.4 is 9.64 Å². The number of hydrogen-bond donors (Lipinski definition) is 0. The lowest BCUT2D eigenvalue weighted by atomic mass is 10.3. The van der Waals surface area contributed by atoms with Gasteiger partial charge < -0.3 is 9.64 Å². The first-order valence-corrected chi connectivity index (χ1v) is 8.62. The summed E-state index contributed by atoms with van der Waals surface area (Å²) in [5.74, 6) is 1.44. The molecule has 0 aromatic carbocycles. The van der Waals surface area contributed by atoms with Crippen LogP contribution in [0.15, 0.2) is 28.7 Å². The molecule has 0 spiro atoms. The van der Waals surface area contributed by atoms with Gasteiger partial charge >= 0.3 is 0 Å². The van der Waals surface area contributed by atoms with Crippen LogP contribution in [0.25, 0.3) is 0 Å². The van der Waals surface area contributed by atoms with Gasteiger partial charge in [-0.25, -0.2) is 9.97 Å². The van der Waals surface area contributed by atoms with Crippen LogP contribution >= 0.6 is 23.1 Å². The maximum atomic E-state index is 9.23. The Morgan fingerprint density at radius 2 is 2.43 bits per heavy atom. The molecule has 2 aromatic heterocycles. The molecule has 108 valence electrons. The molecule has 0 amide bonds. The van der Waals surface area contributed by atoms with E-state index in [1.807, 2.05) is 24.5 Å². The van der Waals surface area contributed by atoms with Gasteiger partial charge in [0.05, 0.1) is 6.54 Å². The van der Waals surface area contributed by atoms with Crippen LogP contribution in [-0.2, 0) is 0 Å². The predicted octanol–water partition coefficient (Wildman–Crippen LogP) is 2.79. The Labute approximate surface area is 131 Å². The highest BCUT2D eigenvalue weighted by Crippen LogP contribution is 2.33. The van der Waals surface area contributed by atoms with Crippen molar-refractivity contribution in [2.75, 3.05) is 24.2 Å². The molecule has 21 heavy (non-hydrogen) atoms. The van der Waals surface area contributed by atoms with E-state index >= 15 is 0 Å². The third-order valence-electron chi connectivity index (χ3n) is 3.24. The zero-order valence-corrected chi connectivity index (χ0v) is 13.2. The van der Waals surface area contributed by atoms with Gasteiger partial charge in [0.1, 0.15) is 17.1 Å². The number of thiazole rings is 1. The van der Waals surface area contributed by atoms with Crippen molar-refractivity contribution in [3.05, 3.63) is 29.3 Å². The van der Waals surface area contributed by atoms with Gasteiger partial charge in [0.25, 0.3) is 0 Å².